The monoisotopic (exact) mass is 314 g/mol. The molecule has 0 aliphatic heterocycles. The molecule has 0 atom stereocenters. The van der Waals surface area contributed by atoms with E-state index in [1.807, 2.05) is 0 Å². The highest BCUT2D eigenvalue weighted by molar-refractivity contribution is 5.45. The maximum Gasteiger partial charge on any atom is 0.133 e. The van der Waals surface area contributed by atoms with Crippen molar-refractivity contribution in [3.63, 3.8) is 0 Å². The average molecular weight is 314 g/mol. The third kappa shape index (κ3) is 2.62. The maximum atomic E-state index is 14.3. The smallest absolute Gasteiger partial charge is 0.133 e. The first kappa shape index (κ1) is 14.7. The van der Waals surface area contributed by atoms with Crippen LogP contribution in [-0.2, 0) is 0 Å². The van der Waals surface area contributed by atoms with Crippen molar-refractivity contribution in [2.45, 2.75) is 50.4 Å². The summed E-state index contributed by atoms with van der Waals surface area (Å²) in [5.74, 6) is 1.11. The van der Waals surface area contributed by atoms with Gasteiger partial charge < -0.3 is 4.74 Å². The molecule has 23 heavy (non-hydrogen) atoms. The van der Waals surface area contributed by atoms with E-state index in [1.165, 1.54) is 12.1 Å². The van der Waals surface area contributed by atoms with Crippen molar-refractivity contribution >= 4 is 0 Å². The van der Waals surface area contributed by atoms with Crippen molar-refractivity contribution in [2.24, 2.45) is 0 Å². The molecule has 2 fully saturated rings. The van der Waals surface area contributed by atoms with Crippen LogP contribution >= 0.6 is 0 Å². The standard InChI is InChI=1S/C20H20F2O/c21-15-9-3-11-17(19(15)13-5-1-6-13)23-18-12-4-10-16(22)20(18)14-7-2-8-14/h3-4,9-14H,1-2,5-8H2. The topological polar surface area (TPSA) is 9.23 Å². The van der Waals surface area contributed by atoms with Gasteiger partial charge in [0.2, 0.25) is 0 Å². The first-order valence-electron chi connectivity index (χ1n) is 8.48. The molecule has 2 aromatic carbocycles. The Morgan fingerprint density at radius 2 is 1.13 bits per heavy atom. The van der Waals surface area contributed by atoms with Gasteiger partial charge in [0.1, 0.15) is 23.1 Å². The zero-order chi connectivity index (χ0) is 15.8. The fraction of sp³-hybridized carbons (Fsp3) is 0.400. The summed E-state index contributed by atoms with van der Waals surface area (Å²) in [4.78, 5) is 0. The molecule has 120 valence electrons. The highest BCUT2D eigenvalue weighted by atomic mass is 19.1. The molecule has 2 aromatic rings. The lowest BCUT2D eigenvalue weighted by molar-refractivity contribution is 0.364. The highest BCUT2D eigenvalue weighted by Crippen LogP contribution is 2.46. The fourth-order valence-electron chi connectivity index (χ4n) is 3.52. The van der Waals surface area contributed by atoms with E-state index < -0.39 is 0 Å². The third-order valence-electron chi connectivity index (χ3n) is 5.27. The largest absolute Gasteiger partial charge is 0.457 e. The Bertz CT molecular complexity index is 656. The molecule has 0 N–H and O–H groups in total. The van der Waals surface area contributed by atoms with Gasteiger partial charge >= 0.3 is 0 Å². The molecule has 2 aliphatic carbocycles. The summed E-state index contributed by atoms with van der Waals surface area (Å²) in [6.07, 6.45) is 6.25. The van der Waals surface area contributed by atoms with Crippen molar-refractivity contribution in [2.75, 3.05) is 0 Å². The predicted molar refractivity (Wildman–Crippen MR) is 86.1 cm³/mol. The second-order valence-corrected chi connectivity index (χ2v) is 6.66. The van der Waals surface area contributed by atoms with E-state index in [0.29, 0.717) is 22.6 Å². The molecule has 2 saturated carbocycles. The number of hydrogen-bond acceptors (Lipinski definition) is 1. The Balaban J connectivity index is 1.71. The Hall–Kier alpha value is -1.90. The summed E-state index contributed by atoms with van der Waals surface area (Å²) in [6, 6.07) is 9.89. The van der Waals surface area contributed by atoms with Crippen LogP contribution in [0.1, 0.15) is 61.5 Å². The minimum Gasteiger partial charge on any atom is -0.457 e. The van der Waals surface area contributed by atoms with E-state index in [0.717, 1.165) is 38.5 Å². The second-order valence-electron chi connectivity index (χ2n) is 6.66. The predicted octanol–water partition coefficient (Wildman–Crippen LogP) is 6.29. The van der Waals surface area contributed by atoms with E-state index in [4.69, 9.17) is 4.74 Å². The van der Waals surface area contributed by atoms with Gasteiger partial charge in [-0.25, -0.2) is 8.78 Å². The van der Waals surface area contributed by atoms with E-state index >= 15 is 0 Å². The minimum atomic E-state index is -0.214. The van der Waals surface area contributed by atoms with Crippen LogP contribution in [0.15, 0.2) is 36.4 Å². The van der Waals surface area contributed by atoms with Gasteiger partial charge in [0.25, 0.3) is 0 Å². The van der Waals surface area contributed by atoms with E-state index in [2.05, 4.69) is 0 Å². The molecule has 2 aliphatic rings. The molecule has 0 unspecified atom stereocenters. The number of ether oxygens (including phenoxy) is 1. The van der Waals surface area contributed by atoms with Crippen LogP contribution in [0.4, 0.5) is 8.78 Å². The normalized spacial score (nSPS) is 18.3. The zero-order valence-electron chi connectivity index (χ0n) is 13.0. The van der Waals surface area contributed by atoms with Gasteiger partial charge in [-0.05, 0) is 61.8 Å². The van der Waals surface area contributed by atoms with Crippen LogP contribution in [0, 0.1) is 11.6 Å². The van der Waals surface area contributed by atoms with Crippen LogP contribution in [0.5, 0.6) is 11.5 Å². The van der Waals surface area contributed by atoms with Gasteiger partial charge in [-0.15, -0.1) is 0 Å². The average Bonchev–Trinajstić information content (AvgIpc) is 2.42. The molecule has 0 aromatic heterocycles. The van der Waals surface area contributed by atoms with Crippen molar-refractivity contribution in [3.8, 4) is 11.5 Å². The zero-order valence-corrected chi connectivity index (χ0v) is 13.0. The van der Waals surface area contributed by atoms with Gasteiger partial charge in [-0.2, -0.15) is 0 Å². The van der Waals surface area contributed by atoms with Crippen LogP contribution in [-0.4, -0.2) is 0 Å². The maximum absolute atomic E-state index is 14.3. The Morgan fingerprint density at radius 1 is 0.696 bits per heavy atom. The number of rotatable bonds is 4. The van der Waals surface area contributed by atoms with Crippen molar-refractivity contribution < 1.29 is 13.5 Å². The van der Waals surface area contributed by atoms with Gasteiger partial charge in [-0.3, -0.25) is 0 Å². The van der Waals surface area contributed by atoms with E-state index in [1.54, 1.807) is 24.3 Å². The SMILES string of the molecule is Fc1cccc(Oc2cccc(F)c2C2CCC2)c1C1CCC1. The summed E-state index contributed by atoms with van der Waals surface area (Å²) in [7, 11) is 0. The molecule has 0 saturated heterocycles. The molecule has 0 amide bonds. The highest BCUT2D eigenvalue weighted by Gasteiger charge is 2.29. The molecule has 4 rings (SSSR count). The summed E-state index contributed by atoms with van der Waals surface area (Å²) < 4.78 is 34.6. The fourth-order valence-corrected chi connectivity index (χ4v) is 3.52. The Labute approximate surface area is 135 Å². The summed E-state index contributed by atoms with van der Waals surface area (Å²) in [5, 5.41) is 0. The lowest BCUT2D eigenvalue weighted by Crippen LogP contribution is -2.14. The summed E-state index contributed by atoms with van der Waals surface area (Å²) in [5.41, 5.74) is 1.31. The summed E-state index contributed by atoms with van der Waals surface area (Å²) >= 11 is 0. The molecule has 0 spiro atoms. The van der Waals surface area contributed by atoms with Gasteiger partial charge in [-0.1, -0.05) is 25.0 Å². The Morgan fingerprint density at radius 3 is 1.48 bits per heavy atom. The van der Waals surface area contributed by atoms with Crippen LogP contribution in [0.2, 0.25) is 0 Å². The molecular formula is C20H20F2O. The lowest BCUT2D eigenvalue weighted by Gasteiger charge is -2.30. The van der Waals surface area contributed by atoms with Crippen LogP contribution in [0.3, 0.4) is 0 Å². The van der Waals surface area contributed by atoms with Gasteiger partial charge in [0, 0.05) is 11.1 Å². The summed E-state index contributed by atoms with van der Waals surface area (Å²) in [6.45, 7) is 0. The number of halogens is 2. The second kappa shape index (κ2) is 5.95. The molecule has 3 heteroatoms. The lowest BCUT2D eigenvalue weighted by atomic mass is 9.79. The molecule has 0 heterocycles. The first-order valence-corrected chi connectivity index (χ1v) is 8.48. The van der Waals surface area contributed by atoms with E-state index in [9.17, 15) is 8.78 Å². The molecule has 1 nitrogen and oxygen atoms in total. The van der Waals surface area contributed by atoms with Crippen molar-refractivity contribution in [3.05, 3.63) is 59.2 Å². The van der Waals surface area contributed by atoms with E-state index in [-0.39, 0.29) is 23.5 Å². The van der Waals surface area contributed by atoms with Gasteiger partial charge in [0.05, 0.1) is 0 Å². The molecule has 0 radical (unpaired) electrons. The minimum absolute atomic E-state index is 0.214. The molecule has 0 bridgehead atoms. The molecular weight excluding hydrogens is 294 g/mol. The van der Waals surface area contributed by atoms with Crippen molar-refractivity contribution in [1.29, 1.82) is 0 Å². The number of benzene rings is 2. The van der Waals surface area contributed by atoms with Crippen molar-refractivity contribution in [1.82, 2.24) is 0 Å². The Kier molecular flexibility index (Phi) is 3.80. The first-order chi connectivity index (χ1) is 11.2. The quantitative estimate of drug-likeness (QED) is 0.644. The number of hydrogen-bond donors (Lipinski definition) is 0. The van der Waals surface area contributed by atoms with Gasteiger partial charge in [0.15, 0.2) is 0 Å². The van der Waals surface area contributed by atoms with Crippen LogP contribution < -0.4 is 4.74 Å². The third-order valence-corrected chi connectivity index (χ3v) is 5.27. The van der Waals surface area contributed by atoms with Crippen LogP contribution in [0.25, 0.3) is 0 Å².